The fraction of sp³-hybridized carbons (Fsp3) is 0.353. The monoisotopic (exact) mass is 312 g/mol. The van der Waals surface area contributed by atoms with Crippen LogP contribution >= 0.6 is 0 Å². The van der Waals surface area contributed by atoms with Crippen molar-refractivity contribution < 1.29 is 9.53 Å². The molecule has 2 aromatic rings. The van der Waals surface area contributed by atoms with E-state index < -0.39 is 0 Å². The lowest BCUT2D eigenvalue weighted by Gasteiger charge is -2.15. The fourth-order valence-electron chi connectivity index (χ4n) is 2.62. The van der Waals surface area contributed by atoms with E-state index in [9.17, 15) is 4.79 Å². The maximum absolute atomic E-state index is 12.1. The fourth-order valence-corrected chi connectivity index (χ4v) is 2.62. The van der Waals surface area contributed by atoms with Crippen molar-refractivity contribution in [2.24, 2.45) is 0 Å². The molecule has 6 nitrogen and oxygen atoms in total. The Kier molecular flexibility index (Phi) is 4.71. The van der Waals surface area contributed by atoms with Crippen LogP contribution in [0.25, 0.3) is 0 Å². The lowest BCUT2D eigenvalue weighted by atomic mass is 10.2. The van der Waals surface area contributed by atoms with E-state index in [1.807, 2.05) is 30.3 Å². The minimum absolute atomic E-state index is 0.228. The molecule has 3 rings (SSSR count). The summed E-state index contributed by atoms with van der Waals surface area (Å²) in [7, 11) is 1.62. The van der Waals surface area contributed by atoms with Gasteiger partial charge in [-0.05, 0) is 42.7 Å². The molecule has 0 unspecified atom stereocenters. The largest absolute Gasteiger partial charge is 0.497 e. The number of benzene rings is 1. The number of hydrogen-bond donors (Lipinski definition) is 1. The van der Waals surface area contributed by atoms with Crippen LogP contribution in [-0.2, 0) is 6.54 Å². The standard InChI is InChI=1S/C17H20N4O2/c1-23-14-6-4-5-13(11-14)12-18-17(22)15-7-8-16(20-19-15)21-9-2-3-10-21/h4-8,11H,2-3,9-10,12H2,1H3,(H,18,22). The number of rotatable bonds is 5. The van der Waals surface area contributed by atoms with Crippen molar-refractivity contribution in [3.8, 4) is 5.75 Å². The summed E-state index contributed by atoms with van der Waals surface area (Å²) >= 11 is 0. The molecule has 1 fully saturated rings. The molecule has 0 aliphatic carbocycles. The second-order valence-electron chi connectivity index (χ2n) is 5.51. The Morgan fingerprint density at radius 1 is 1.22 bits per heavy atom. The molecule has 23 heavy (non-hydrogen) atoms. The molecule has 0 saturated carbocycles. The molecular weight excluding hydrogens is 292 g/mol. The van der Waals surface area contributed by atoms with Crippen molar-refractivity contribution in [2.75, 3.05) is 25.1 Å². The van der Waals surface area contributed by atoms with E-state index in [4.69, 9.17) is 4.74 Å². The number of carbonyl (C=O) groups excluding carboxylic acids is 1. The SMILES string of the molecule is COc1cccc(CNC(=O)c2ccc(N3CCCC3)nn2)c1. The number of anilines is 1. The van der Waals surface area contributed by atoms with Crippen LogP contribution in [0.5, 0.6) is 5.75 Å². The third-order valence-electron chi connectivity index (χ3n) is 3.90. The van der Waals surface area contributed by atoms with Crippen molar-refractivity contribution >= 4 is 11.7 Å². The summed E-state index contributed by atoms with van der Waals surface area (Å²) in [5.41, 5.74) is 1.30. The highest BCUT2D eigenvalue weighted by atomic mass is 16.5. The second-order valence-corrected chi connectivity index (χ2v) is 5.51. The topological polar surface area (TPSA) is 67.3 Å². The molecule has 1 aromatic carbocycles. The Balaban J connectivity index is 1.59. The van der Waals surface area contributed by atoms with Gasteiger partial charge in [0.25, 0.3) is 5.91 Å². The second kappa shape index (κ2) is 7.09. The van der Waals surface area contributed by atoms with E-state index in [1.54, 1.807) is 13.2 Å². The third kappa shape index (κ3) is 3.77. The van der Waals surface area contributed by atoms with E-state index in [2.05, 4.69) is 20.4 Å². The van der Waals surface area contributed by atoms with E-state index in [1.165, 1.54) is 12.8 Å². The van der Waals surface area contributed by atoms with Gasteiger partial charge in [0.05, 0.1) is 7.11 Å². The van der Waals surface area contributed by atoms with Crippen molar-refractivity contribution in [3.63, 3.8) is 0 Å². The molecule has 1 aliphatic rings. The molecule has 1 aromatic heterocycles. The van der Waals surface area contributed by atoms with Gasteiger partial charge in [0.1, 0.15) is 5.75 Å². The molecule has 1 N–H and O–H groups in total. The zero-order valence-electron chi connectivity index (χ0n) is 13.2. The van der Waals surface area contributed by atoms with Gasteiger partial charge in [-0.2, -0.15) is 0 Å². The summed E-state index contributed by atoms with van der Waals surface area (Å²) < 4.78 is 5.17. The maximum Gasteiger partial charge on any atom is 0.272 e. The first kappa shape index (κ1) is 15.3. The molecule has 1 saturated heterocycles. The minimum Gasteiger partial charge on any atom is -0.497 e. The maximum atomic E-state index is 12.1. The molecule has 1 amide bonds. The summed E-state index contributed by atoms with van der Waals surface area (Å²) in [5.74, 6) is 1.38. The smallest absolute Gasteiger partial charge is 0.272 e. The average Bonchev–Trinajstić information content (AvgIpc) is 3.14. The van der Waals surface area contributed by atoms with E-state index in [0.29, 0.717) is 12.2 Å². The summed E-state index contributed by atoms with van der Waals surface area (Å²) in [5, 5.41) is 11.0. The summed E-state index contributed by atoms with van der Waals surface area (Å²) in [6.45, 7) is 2.44. The third-order valence-corrected chi connectivity index (χ3v) is 3.90. The normalized spacial score (nSPS) is 13.9. The van der Waals surface area contributed by atoms with Gasteiger partial charge in [0, 0.05) is 19.6 Å². The van der Waals surface area contributed by atoms with E-state index >= 15 is 0 Å². The number of methoxy groups -OCH3 is 1. The van der Waals surface area contributed by atoms with E-state index in [0.717, 1.165) is 30.2 Å². The van der Waals surface area contributed by atoms with Gasteiger partial charge >= 0.3 is 0 Å². The van der Waals surface area contributed by atoms with Crippen LogP contribution in [0.15, 0.2) is 36.4 Å². The predicted molar refractivity (Wildman–Crippen MR) is 87.6 cm³/mol. The lowest BCUT2D eigenvalue weighted by Crippen LogP contribution is -2.25. The van der Waals surface area contributed by atoms with Crippen molar-refractivity contribution in [1.29, 1.82) is 0 Å². The van der Waals surface area contributed by atoms with Gasteiger partial charge in [-0.3, -0.25) is 4.79 Å². The molecule has 2 heterocycles. The number of aromatic nitrogens is 2. The van der Waals surface area contributed by atoms with Crippen molar-refractivity contribution in [1.82, 2.24) is 15.5 Å². The number of ether oxygens (including phenoxy) is 1. The Morgan fingerprint density at radius 2 is 2.04 bits per heavy atom. The van der Waals surface area contributed by atoms with Crippen LogP contribution in [0.2, 0.25) is 0 Å². The minimum atomic E-state index is -0.228. The predicted octanol–water partition coefficient (Wildman–Crippen LogP) is 2.02. The van der Waals surface area contributed by atoms with Gasteiger partial charge in [-0.15, -0.1) is 10.2 Å². The number of hydrogen-bond acceptors (Lipinski definition) is 5. The molecule has 0 spiro atoms. The van der Waals surface area contributed by atoms with Crippen LogP contribution in [-0.4, -0.2) is 36.3 Å². The van der Waals surface area contributed by atoms with Gasteiger partial charge < -0.3 is 15.0 Å². The van der Waals surface area contributed by atoms with Gasteiger partial charge in [0.15, 0.2) is 11.5 Å². The highest BCUT2D eigenvalue weighted by molar-refractivity contribution is 5.92. The van der Waals surface area contributed by atoms with Gasteiger partial charge in [0.2, 0.25) is 0 Å². The van der Waals surface area contributed by atoms with Crippen LogP contribution in [0.4, 0.5) is 5.82 Å². The van der Waals surface area contributed by atoms with E-state index in [-0.39, 0.29) is 5.91 Å². The zero-order valence-corrected chi connectivity index (χ0v) is 13.2. The van der Waals surface area contributed by atoms with Crippen molar-refractivity contribution in [2.45, 2.75) is 19.4 Å². The molecule has 0 radical (unpaired) electrons. The summed E-state index contributed by atoms with van der Waals surface area (Å²) in [4.78, 5) is 14.3. The first-order valence-electron chi connectivity index (χ1n) is 7.76. The molecule has 0 bridgehead atoms. The first-order valence-corrected chi connectivity index (χ1v) is 7.76. The number of amides is 1. The highest BCUT2D eigenvalue weighted by Crippen LogP contribution is 2.16. The molecule has 1 aliphatic heterocycles. The quantitative estimate of drug-likeness (QED) is 0.915. The van der Waals surface area contributed by atoms with Crippen LogP contribution in [0, 0.1) is 0 Å². The molecular formula is C17H20N4O2. The Labute approximate surface area is 135 Å². The summed E-state index contributed by atoms with van der Waals surface area (Å²) in [6, 6.07) is 11.2. The van der Waals surface area contributed by atoms with Gasteiger partial charge in [-0.25, -0.2) is 0 Å². The zero-order chi connectivity index (χ0) is 16.1. The Bertz CT molecular complexity index is 667. The lowest BCUT2D eigenvalue weighted by molar-refractivity contribution is 0.0945. The molecule has 120 valence electrons. The average molecular weight is 312 g/mol. The van der Waals surface area contributed by atoms with Crippen LogP contribution in [0.3, 0.4) is 0 Å². The number of carbonyl (C=O) groups is 1. The number of nitrogens with zero attached hydrogens (tertiary/aromatic N) is 3. The van der Waals surface area contributed by atoms with Crippen LogP contribution < -0.4 is 15.0 Å². The Morgan fingerprint density at radius 3 is 2.74 bits per heavy atom. The van der Waals surface area contributed by atoms with Crippen LogP contribution in [0.1, 0.15) is 28.9 Å². The Hall–Kier alpha value is -2.63. The number of nitrogens with one attached hydrogen (secondary N) is 1. The van der Waals surface area contributed by atoms with Gasteiger partial charge in [-0.1, -0.05) is 12.1 Å². The first-order chi connectivity index (χ1) is 11.3. The summed E-state index contributed by atoms with van der Waals surface area (Å²) in [6.07, 6.45) is 2.37. The van der Waals surface area contributed by atoms with Crippen molar-refractivity contribution in [3.05, 3.63) is 47.7 Å². The molecule has 0 atom stereocenters. The molecule has 6 heteroatoms. The highest BCUT2D eigenvalue weighted by Gasteiger charge is 2.15.